The van der Waals surface area contributed by atoms with E-state index in [1.165, 1.54) is 18.4 Å². The van der Waals surface area contributed by atoms with Gasteiger partial charge in [-0.3, -0.25) is 4.79 Å². The van der Waals surface area contributed by atoms with Crippen molar-refractivity contribution in [1.29, 1.82) is 0 Å². The lowest BCUT2D eigenvalue weighted by Crippen LogP contribution is -2.20. The maximum Gasteiger partial charge on any atom is 0.227 e. The smallest absolute Gasteiger partial charge is 0.227 e. The Balaban J connectivity index is 1.91. The lowest BCUT2D eigenvalue weighted by molar-refractivity contribution is -0.119. The molecule has 2 rings (SSSR count). The van der Waals surface area contributed by atoms with Gasteiger partial charge in [0, 0.05) is 11.6 Å². The summed E-state index contributed by atoms with van der Waals surface area (Å²) in [5.41, 5.74) is 2.27. The molecular formula is C15H21NO. The van der Waals surface area contributed by atoms with E-state index in [0.717, 1.165) is 31.4 Å². The summed E-state index contributed by atoms with van der Waals surface area (Å²) in [6.07, 6.45) is 6.78. The number of carbonyl (C=O) groups excluding carboxylic acids is 1. The van der Waals surface area contributed by atoms with Crippen LogP contribution in [0.15, 0.2) is 24.3 Å². The third-order valence-corrected chi connectivity index (χ3v) is 3.49. The fourth-order valence-corrected chi connectivity index (χ4v) is 2.48. The first-order chi connectivity index (χ1) is 8.29. The highest BCUT2D eigenvalue weighted by Crippen LogP contribution is 2.26. The normalized spacial score (nSPS) is 16.1. The third kappa shape index (κ3) is 3.32. The second-order valence-corrected chi connectivity index (χ2v) is 4.92. The van der Waals surface area contributed by atoms with Gasteiger partial charge in [0.25, 0.3) is 0 Å². The highest BCUT2D eigenvalue weighted by atomic mass is 16.1. The Morgan fingerprint density at radius 2 is 1.88 bits per heavy atom. The first-order valence-electron chi connectivity index (χ1n) is 6.69. The van der Waals surface area contributed by atoms with Crippen LogP contribution in [-0.2, 0) is 11.2 Å². The van der Waals surface area contributed by atoms with Crippen molar-refractivity contribution in [3.63, 3.8) is 0 Å². The Bertz CT molecular complexity index is 363. The standard InChI is InChI=1S/C15H21NO/c1-2-5-12-8-10-14(11-9-12)16-15(17)13-6-3-4-7-13/h8-11,13H,2-7H2,1H3,(H,16,17). The van der Waals surface area contributed by atoms with E-state index < -0.39 is 0 Å². The summed E-state index contributed by atoms with van der Waals surface area (Å²) in [6.45, 7) is 2.18. The molecule has 0 radical (unpaired) electrons. The molecule has 92 valence electrons. The van der Waals surface area contributed by atoms with Crippen LogP contribution in [0.25, 0.3) is 0 Å². The molecule has 1 aliphatic carbocycles. The number of rotatable bonds is 4. The molecule has 0 atom stereocenters. The van der Waals surface area contributed by atoms with E-state index >= 15 is 0 Å². The Morgan fingerprint density at radius 3 is 2.47 bits per heavy atom. The van der Waals surface area contributed by atoms with Gasteiger partial charge in [-0.05, 0) is 37.0 Å². The summed E-state index contributed by atoms with van der Waals surface area (Å²) in [5, 5.41) is 3.01. The van der Waals surface area contributed by atoms with Gasteiger partial charge in [-0.25, -0.2) is 0 Å². The average Bonchev–Trinajstić information content (AvgIpc) is 2.86. The van der Waals surface area contributed by atoms with Crippen molar-refractivity contribution in [3.8, 4) is 0 Å². The fraction of sp³-hybridized carbons (Fsp3) is 0.533. The molecule has 1 amide bonds. The predicted molar refractivity (Wildman–Crippen MR) is 71.0 cm³/mol. The van der Waals surface area contributed by atoms with Crippen LogP contribution >= 0.6 is 0 Å². The molecule has 1 saturated carbocycles. The monoisotopic (exact) mass is 231 g/mol. The van der Waals surface area contributed by atoms with Crippen LogP contribution in [0.5, 0.6) is 0 Å². The Hall–Kier alpha value is -1.31. The molecule has 0 saturated heterocycles. The van der Waals surface area contributed by atoms with E-state index in [1.54, 1.807) is 0 Å². The van der Waals surface area contributed by atoms with E-state index in [-0.39, 0.29) is 11.8 Å². The first-order valence-corrected chi connectivity index (χ1v) is 6.69. The highest BCUT2D eigenvalue weighted by Gasteiger charge is 2.22. The third-order valence-electron chi connectivity index (χ3n) is 3.49. The quantitative estimate of drug-likeness (QED) is 0.839. The number of anilines is 1. The van der Waals surface area contributed by atoms with Crippen molar-refractivity contribution in [2.75, 3.05) is 5.32 Å². The predicted octanol–water partition coefficient (Wildman–Crippen LogP) is 3.77. The Kier molecular flexibility index (Phi) is 4.18. The molecule has 2 heteroatoms. The van der Waals surface area contributed by atoms with Crippen LogP contribution in [0.2, 0.25) is 0 Å². The minimum absolute atomic E-state index is 0.200. The molecule has 2 nitrogen and oxygen atoms in total. The van der Waals surface area contributed by atoms with E-state index in [9.17, 15) is 4.79 Å². The van der Waals surface area contributed by atoms with Crippen molar-refractivity contribution in [3.05, 3.63) is 29.8 Å². The SMILES string of the molecule is CCCc1ccc(NC(=O)C2CCCC2)cc1. The van der Waals surface area contributed by atoms with Gasteiger partial charge in [0.1, 0.15) is 0 Å². The zero-order valence-corrected chi connectivity index (χ0v) is 10.5. The maximum atomic E-state index is 11.9. The van der Waals surface area contributed by atoms with Gasteiger partial charge >= 0.3 is 0 Å². The van der Waals surface area contributed by atoms with Gasteiger partial charge < -0.3 is 5.32 Å². The Labute approximate surface area is 103 Å². The molecule has 1 fully saturated rings. The average molecular weight is 231 g/mol. The van der Waals surface area contributed by atoms with Gasteiger partial charge in [0.2, 0.25) is 5.91 Å². The lowest BCUT2D eigenvalue weighted by Gasteiger charge is -2.10. The lowest BCUT2D eigenvalue weighted by atomic mass is 10.1. The number of nitrogens with one attached hydrogen (secondary N) is 1. The molecule has 0 bridgehead atoms. The highest BCUT2D eigenvalue weighted by molar-refractivity contribution is 5.92. The van der Waals surface area contributed by atoms with Crippen LogP contribution in [-0.4, -0.2) is 5.91 Å². The number of carbonyl (C=O) groups is 1. The van der Waals surface area contributed by atoms with Crippen LogP contribution < -0.4 is 5.32 Å². The van der Waals surface area contributed by atoms with E-state index in [4.69, 9.17) is 0 Å². The van der Waals surface area contributed by atoms with Gasteiger partial charge in [0.05, 0.1) is 0 Å². The second kappa shape index (κ2) is 5.85. The number of hydrogen-bond acceptors (Lipinski definition) is 1. The topological polar surface area (TPSA) is 29.1 Å². The Morgan fingerprint density at radius 1 is 1.24 bits per heavy atom. The molecule has 0 aromatic heterocycles. The zero-order chi connectivity index (χ0) is 12.1. The number of hydrogen-bond donors (Lipinski definition) is 1. The summed E-state index contributed by atoms with van der Waals surface area (Å²) in [7, 11) is 0. The molecule has 1 aromatic carbocycles. The van der Waals surface area contributed by atoms with Gasteiger partial charge in [-0.2, -0.15) is 0 Å². The molecule has 0 spiro atoms. The number of benzene rings is 1. The summed E-state index contributed by atoms with van der Waals surface area (Å²) >= 11 is 0. The number of amides is 1. The summed E-state index contributed by atoms with van der Waals surface area (Å²) in [6, 6.07) is 8.23. The van der Waals surface area contributed by atoms with E-state index in [0.29, 0.717) is 0 Å². The summed E-state index contributed by atoms with van der Waals surface area (Å²) < 4.78 is 0. The van der Waals surface area contributed by atoms with Crippen molar-refractivity contribution in [1.82, 2.24) is 0 Å². The second-order valence-electron chi connectivity index (χ2n) is 4.92. The van der Waals surface area contributed by atoms with Crippen molar-refractivity contribution < 1.29 is 4.79 Å². The summed E-state index contributed by atoms with van der Waals surface area (Å²) in [5.74, 6) is 0.441. The van der Waals surface area contributed by atoms with Gasteiger partial charge in [0.15, 0.2) is 0 Å². The fourth-order valence-electron chi connectivity index (χ4n) is 2.48. The van der Waals surface area contributed by atoms with Crippen LogP contribution in [0.4, 0.5) is 5.69 Å². The van der Waals surface area contributed by atoms with E-state index in [1.807, 2.05) is 12.1 Å². The van der Waals surface area contributed by atoms with Crippen LogP contribution in [0.1, 0.15) is 44.6 Å². The number of aryl methyl sites for hydroxylation is 1. The molecule has 0 unspecified atom stereocenters. The minimum atomic E-state index is 0.200. The summed E-state index contributed by atoms with van der Waals surface area (Å²) in [4.78, 5) is 11.9. The molecule has 1 aromatic rings. The molecule has 17 heavy (non-hydrogen) atoms. The minimum Gasteiger partial charge on any atom is -0.326 e. The van der Waals surface area contributed by atoms with Gasteiger partial charge in [-0.15, -0.1) is 0 Å². The first kappa shape index (κ1) is 12.2. The van der Waals surface area contributed by atoms with Gasteiger partial charge in [-0.1, -0.05) is 38.3 Å². The van der Waals surface area contributed by atoms with E-state index in [2.05, 4.69) is 24.4 Å². The van der Waals surface area contributed by atoms with Crippen molar-refractivity contribution >= 4 is 11.6 Å². The molecule has 0 aliphatic heterocycles. The zero-order valence-electron chi connectivity index (χ0n) is 10.5. The largest absolute Gasteiger partial charge is 0.326 e. The molecular weight excluding hydrogens is 210 g/mol. The molecule has 1 aliphatic rings. The maximum absolute atomic E-state index is 11.9. The van der Waals surface area contributed by atoms with Crippen molar-refractivity contribution in [2.24, 2.45) is 5.92 Å². The van der Waals surface area contributed by atoms with Crippen LogP contribution in [0, 0.1) is 5.92 Å². The van der Waals surface area contributed by atoms with Crippen LogP contribution in [0.3, 0.4) is 0 Å². The molecule has 0 heterocycles. The molecule has 1 N–H and O–H groups in total. The van der Waals surface area contributed by atoms with Crippen molar-refractivity contribution in [2.45, 2.75) is 45.4 Å².